The number of nitrogens with zero attached hydrogens (tertiary/aromatic N) is 3. The van der Waals surface area contributed by atoms with Gasteiger partial charge in [-0.25, -0.2) is 0 Å². The maximum absolute atomic E-state index is 12.5. The molecule has 0 saturated carbocycles. The van der Waals surface area contributed by atoms with E-state index in [-0.39, 0.29) is 23.0 Å². The molecular formula is C21H19N3O6S. The van der Waals surface area contributed by atoms with Crippen molar-refractivity contribution in [2.75, 3.05) is 21.2 Å². The lowest BCUT2D eigenvalue weighted by atomic mass is 10.1. The van der Waals surface area contributed by atoms with Crippen LogP contribution in [0.15, 0.2) is 48.0 Å². The Bertz CT molecular complexity index is 1070. The Morgan fingerprint density at radius 2 is 1.65 bits per heavy atom. The number of non-ortho nitro benzene ring substituents is 1. The Labute approximate surface area is 183 Å². The number of rotatable bonds is 6. The third-order valence-corrected chi connectivity index (χ3v) is 5.23. The molecule has 0 aliphatic carbocycles. The number of likely N-dealkylation sites (N-methyl/N-ethyl adjacent to an activating group) is 2. The van der Waals surface area contributed by atoms with E-state index in [0.29, 0.717) is 17.1 Å². The van der Waals surface area contributed by atoms with Crippen LogP contribution in [-0.4, -0.2) is 52.9 Å². The lowest BCUT2D eigenvalue weighted by molar-refractivity contribution is -0.384. The van der Waals surface area contributed by atoms with E-state index in [9.17, 15) is 19.7 Å². The molecule has 31 heavy (non-hydrogen) atoms. The minimum atomic E-state index is -0.481. The van der Waals surface area contributed by atoms with Crippen molar-refractivity contribution in [2.24, 2.45) is 0 Å². The Kier molecular flexibility index (Phi) is 6.30. The summed E-state index contributed by atoms with van der Waals surface area (Å²) in [6.45, 7) is 0.179. The van der Waals surface area contributed by atoms with E-state index < -0.39 is 16.7 Å². The van der Waals surface area contributed by atoms with Gasteiger partial charge in [0.1, 0.15) is 12.2 Å². The summed E-state index contributed by atoms with van der Waals surface area (Å²) in [6, 6.07) is 11.0. The SMILES string of the molecule is COc1cc(C=C2C(=O)N(C)C(=S)N(C)C2=O)ccc1OCc1ccc([N+](=O)[O-])cc1. The molecule has 0 bridgehead atoms. The molecule has 0 radical (unpaired) electrons. The Morgan fingerprint density at radius 3 is 2.19 bits per heavy atom. The van der Waals surface area contributed by atoms with Crippen LogP contribution in [0.1, 0.15) is 11.1 Å². The topological polar surface area (TPSA) is 102 Å². The molecule has 1 aliphatic heterocycles. The van der Waals surface area contributed by atoms with Gasteiger partial charge in [-0.3, -0.25) is 29.5 Å². The average Bonchev–Trinajstić information content (AvgIpc) is 2.78. The number of benzene rings is 2. The molecule has 9 nitrogen and oxygen atoms in total. The van der Waals surface area contributed by atoms with Crippen LogP contribution in [0.25, 0.3) is 6.08 Å². The van der Waals surface area contributed by atoms with Gasteiger partial charge in [0, 0.05) is 26.2 Å². The second-order valence-electron chi connectivity index (χ2n) is 6.69. The summed E-state index contributed by atoms with van der Waals surface area (Å²) in [4.78, 5) is 37.7. The smallest absolute Gasteiger partial charge is 0.269 e. The number of thiocarbonyl (C=S) groups is 1. The zero-order valence-corrected chi connectivity index (χ0v) is 17.8. The van der Waals surface area contributed by atoms with Gasteiger partial charge in [0.25, 0.3) is 17.5 Å². The first kappa shape index (κ1) is 21.9. The number of nitro groups is 1. The van der Waals surface area contributed by atoms with Crippen LogP contribution in [0.5, 0.6) is 11.5 Å². The monoisotopic (exact) mass is 441 g/mol. The van der Waals surface area contributed by atoms with E-state index in [4.69, 9.17) is 21.7 Å². The van der Waals surface area contributed by atoms with Crippen molar-refractivity contribution in [3.63, 3.8) is 0 Å². The zero-order chi connectivity index (χ0) is 22.7. The molecular weight excluding hydrogens is 422 g/mol. The maximum Gasteiger partial charge on any atom is 0.269 e. The van der Waals surface area contributed by atoms with Crippen LogP contribution in [0.4, 0.5) is 5.69 Å². The van der Waals surface area contributed by atoms with Gasteiger partial charge in [-0.05, 0) is 53.7 Å². The van der Waals surface area contributed by atoms with Crippen LogP contribution in [-0.2, 0) is 16.2 Å². The molecule has 1 aliphatic rings. The standard InChI is InChI=1S/C21H19N3O6S/c1-22-19(25)16(20(26)23(2)21(22)31)10-14-6-9-17(18(11-14)29-3)30-12-13-4-7-15(8-5-13)24(27)28/h4-11H,12H2,1-3H3. The number of methoxy groups -OCH3 is 1. The predicted molar refractivity (Wildman–Crippen MR) is 117 cm³/mol. The molecule has 2 aromatic carbocycles. The molecule has 10 heteroatoms. The second-order valence-corrected chi connectivity index (χ2v) is 7.06. The molecule has 0 aromatic heterocycles. The van der Waals surface area contributed by atoms with Crippen molar-refractivity contribution >= 4 is 40.9 Å². The van der Waals surface area contributed by atoms with Gasteiger partial charge >= 0.3 is 0 Å². The third-order valence-electron chi connectivity index (χ3n) is 4.68. The molecule has 160 valence electrons. The van der Waals surface area contributed by atoms with Gasteiger partial charge in [0.15, 0.2) is 16.6 Å². The minimum absolute atomic E-state index is 0.00239. The minimum Gasteiger partial charge on any atom is -0.493 e. The van der Waals surface area contributed by atoms with E-state index in [1.54, 1.807) is 30.3 Å². The van der Waals surface area contributed by atoms with Gasteiger partial charge in [-0.1, -0.05) is 6.07 Å². The van der Waals surface area contributed by atoms with Crippen LogP contribution in [0.2, 0.25) is 0 Å². The Morgan fingerprint density at radius 1 is 1.03 bits per heavy atom. The number of ether oxygens (including phenoxy) is 2. The fourth-order valence-electron chi connectivity index (χ4n) is 2.91. The average molecular weight is 441 g/mol. The quantitative estimate of drug-likeness (QED) is 0.223. The normalized spacial score (nSPS) is 14.0. The predicted octanol–water partition coefficient (Wildman–Crippen LogP) is 2.78. The van der Waals surface area contributed by atoms with E-state index in [2.05, 4.69) is 0 Å². The first-order valence-electron chi connectivity index (χ1n) is 9.09. The molecule has 2 aromatic rings. The highest BCUT2D eigenvalue weighted by Gasteiger charge is 2.35. The molecule has 1 saturated heterocycles. The molecule has 1 heterocycles. The van der Waals surface area contributed by atoms with E-state index in [0.717, 1.165) is 5.56 Å². The second kappa shape index (κ2) is 8.92. The number of hydrogen-bond donors (Lipinski definition) is 0. The van der Waals surface area contributed by atoms with Crippen LogP contribution < -0.4 is 9.47 Å². The van der Waals surface area contributed by atoms with Crippen molar-refractivity contribution < 1.29 is 24.0 Å². The first-order valence-corrected chi connectivity index (χ1v) is 9.49. The van der Waals surface area contributed by atoms with Crippen molar-refractivity contribution in [2.45, 2.75) is 6.61 Å². The highest BCUT2D eigenvalue weighted by atomic mass is 32.1. The summed E-state index contributed by atoms with van der Waals surface area (Å²) in [7, 11) is 4.50. The van der Waals surface area contributed by atoms with Crippen molar-refractivity contribution in [3.8, 4) is 11.5 Å². The van der Waals surface area contributed by atoms with Crippen LogP contribution >= 0.6 is 12.2 Å². The van der Waals surface area contributed by atoms with Crippen LogP contribution in [0.3, 0.4) is 0 Å². The van der Waals surface area contributed by atoms with Gasteiger partial charge in [0.2, 0.25) is 0 Å². The number of hydrogen-bond acceptors (Lipinski definition) is 7. The summed E-state index contributed by atoms with van der Waals surface area (Å²) in [5.41, 5.74) is 1.31. The number of amides is 2. The van der Waals surface area contributed by atoms with Crippen molar-refractivity contribution in [1.82, 2.24) is 9.80 Å². The summed E-state index contributed by atoms with van der Waals surface area (Å²) in [5, 5.41) is 10.9. The van der Waals surface area contributed by atoms with Gasteiger partial charge < -0.3 is 9.47 Å². The van der Waals surface area contributed by atoms with Gasteiger partial charge in [-0.2, -0.15) is 0 Å². The largest absolute Gasteiger partial charge is 0.493 e. The fourth-order valence-corrected chi connectivity index (χ4v) is 3.08. The van der Waals surface area contributed by atoms with Gasteiger partial charge in [-0.15, -0.1) is 0 Å². The highest BCUT2D eigenvalue weighted by Crippen LogP contribution is 2.30. The van der Waals surface area contributed by atoms with Crippen molar-refractivity contribution in [1.29, 1.82) is 0 Å². The molecule has 2 amide bonds. The number of carbonyl (C=O) groups excluding carboxylic acids is 2. The van der Waals surface area contributed by atoms with E-state index >= 15 is 0 Å². The summed E-state index contributed by atoms with van der Waals surface area (Å²) >= 11 is 5.08. The molecule has 3 rings (SSSR count). The van der Waals surface area contributed by atoms with Gasteiger partial charge in [0.05, 0.1) is 12.0 Å². The zero-order valence-electron chi connectivity index (χ0n) is 17.0. The lowest BCUT2D eigenvalue weighted by Crippen LogP contribution is -2.52. The molecule has 0 atom stereocenters. The van der Waals surface area contributed by atoms with Crippen LogP contribution in [0, 0.1) is 10.1 Å². The number of nitro benzene ring substituents is 1. The summed E-state index contributed by atoms with van der Waals surface area (Å²) < 4.78 is 11.1. The Balaban J connectivity index is 1.80. The maximum atomic E-state index is 12.5. The number of carbonyl (C=O) groups is 2. The Hall–Kier alpha value is -3.79. The molecule has 0 unspecified atom stereocenters. The fraction of sp³-hybridized carbons (Fsp3) is 0.190. The summed E-state index contributed by atoms with van der Waals surface area (Å²) in [6.07, 6.45) is 1.47. The molecule has 0 N–H and O–H groups in total. The first-order chi connectivity index (χ1) is 14.7. The van der Waals surface area contributed by atoms with E-state index in [1.807, 2.05) is 0 Å². The summed E-state index contributed by atoms with van der Waals surface area (Å²) in [5.74, 6) is -0.111. The third kappa shape index (κ3) is 4.53. The highest BCUT2D eigenvalue weighted by molar-refractivity contribution is 7.80. The van der Waals surface area contributed by atoms with Crippen molar-refractivity contribution in [3.05, 3.63) is 69.3 Å². The lowest BCUT2D eigenvalue weighted by Gasteiger charge is -2.31. The van der Waals surface area contributed by atoms with E-state index in [1.165, 1.54) is 49.2 Å². The molecule has 0 spiro atoms. The molecule has 1 fully saturated rings.